The van der Waals surface area contributed by atoms with E-state index in [2.05, 4.69) is 15.5 Å². The van der Waals surface area contributed by atoms with Gasteiger partial charge in [-0.3, -0.25) is 14.9 Å². The highest BCUT2D eigenvalue weighted by atomic mass is 32.1. The number of nitrogens with zero attached hydrogens (tertiary/aromatic N) is 3. The van der Waals surface area contributed by atoms with Crippen LogP contribution in [0.5, 0.6) is 5.75 Å². The van der Waals surface area contributed by atoms with Gasteiger partial charge in [0.15, 0.2) is 5.13 Å². The first kappa shape index (κ1) is 17.7. The molecule has 1 aromatic carbocycles. The van der Waals surface area contributed by atoms with Gasteiger partial charge in [0.2, 0.25) is 5.91 Å². The molecule has 1 saturated heterocycles. The van der Waals surface area contributed by atoms with Crippen molar-refractivity contribution < 1.29 is 19.2 Å². The fraction of sp³-hybridized carbons (Fsp3) is 0.444. The number of methoxy groups -OCH3 is 1. The highest BCUT2D eigenvalue weighted by Gasteiger charge is 2.44. The zero-order chi connectivity index (χ0) is 19.0. The molecule has 0 atom stereocenters. The molecule has 1 N–H and O–H groups in total. The number of amides is 2. The standard InChI is InChI=1S/C18H20N4O4S/c1-11(23)22-7-5-18(6-8-22)10-14(21-26-18)16(24)20-17-19-13-4-3-12(25-2)9-15(13)27-17/h3-4,9H,5-8,10H2,1-2H3,(H,19,20,24). The average molecular weight is 388 g/mol. The Labute approximate surface area is 160 Å². The second-order valence-electron chi connectivity index (χ2n) is 6.80. The molecule has 142 valence electrons. The molecule has 1 fully saturated rings. The minimum atomic E-state index is -0.473. The maximum Gasteiger partial charge on any atom is 0.275 e. The van der Waals surface area contributed by atoms with Crippen molar-refractivity contribution in [1.29, 1.82) is 0 Å². The van der Waals surface area contributed by atoms with Crippen LogP contribution in [-0.2, 0) is 14.4 Å². The number of rotatable bonds is 3. The van der Waals surface area contributed by atoms with Crippen molar-refractivity contribution >= 4 is 44.2 Å². The Morgan fingerprint density at radius 1 is 1.33 bits per heavy atom. The van der Waals surface area contributed by atoms with Gasteiger partial charge in [-0.05, 0) is 18.2 Å². The lowest BCUT2D eigenvalue weighted by atomic mass is 9.86. The van der Waals surface area contributed by atoms with Crippen LogP contribution in [0.1, 0.15) is 26.2 Å². The average Bonchev–Trinajstić information content (AvgIpc) is 3.25. The minimum absolute atomic E-state index is 0.0641. The monoisotopic (exact) mass is 388 g/mol. The number of benzene rings is 1. The molecule has 1 spiro atoms. The van der Waals surface area contributed by atoms with Gasteiger partial charge >= 0.3 is 0 Å². The molecular weight excluding hydrogens is 368 g/mol. The number of hydrogen-bond acceptors (Lipinski definition) is 7. The van der Waals surface area contributed by atoms with Crippen LogP contribution in [0.25, 0.3) is 10.2 Å². The van der Waals surface area contributed by atoms with Crippen molar-refractivity contribution in [2.75, 3.05) is 25.5 Å². The van der Waals surface area contributed by atoms with Gasteiger partial charge in [0, 0.05) is 39.3 Å². The summed E-state index contributed by atoms with van der Waals surface area (Å²) >= 11 is 1.38. The summed E-state index contributed by atoms with van der Waals surface area (Å²) in [6.45, 7) is 2.81. The van der Waals surface area contributed by atoms with E-state index in [1.807, 2.05) is 18.2 Å². The normalized spacial score (nSPS) is 18.3. The first-order chi connectivity index (χ1) is 13.0. The molecule has 2 aliphatic rings. The van der Waals surface area contributed by atoms with Crippen LogP contribution in [0.2, 0.25) is 0 Å². The number of aromatic nitrogens is 1. The van der Waals surface area contributed by atoms with Crippen molar-refractivity contribution in [2.45, 2.75) is 31.8 Å². The predicted octanol–water partition coefficient (Wildman–Crippen LogP) is 2.40. The van der Waals surface area contributed by atoms with Crippen LogP contribution in [0.3, 0.4) is 0 Å². The van der Waals surface area contributed by atoms with Crippen molar-refractivity contribution in [3.05, 3.63) is 18.2 Å². The van der Waals surface area contributed by atoms with Gasteiger partial charge < -0.3 is 14.5 Å². The van der Waals surface area contributed by atoms with Crippen molar-refractivity contribution in [2.24, 2.45) is 5.16 Å². The number of oxime groups is 1. The third-order valence-corrected chi connectivity index (χ3v) is 5.97. The van der Waals surface area contributed by atoms with E-state index in [1.54, 1.807) is 18.9 Å². The number of carbonyl (C=O) groups excluding carboxylic acids is 2. The molecule has 9 heteroatoms. The van der Waals surface area contributed by atoms with Gasteiger partial charge in [-0.15, -0.1) is 0 Å². The number of anilines is 1. The van der Waals surface area contributed by atoms with E-state index in [0.717, 1.165) is 16.0 Å². The summed E-state index contributed by atoms with van der Waals surface area (Å²) < 4.78 is 6.14. The van der Waals surface area contributed by atoms with Crippen LogP contribution in [0.4, 0.5) is 5.13 Å². The summed E-state index contributed by atoms with van der Waals surface area (Å²) in [5, 5.41) is 7.34. The van der Waals surface area contributed by atoms with Crippen LogP contribution in [-0.4, -0.2) is 53.2 Å². The van der Waals surface area contributed by atoms with Gasteiger partial charge in [0.25, 0.3) is 5.91 Å². The van der Waals surface area contributed by atoms with Crippen LogP contribution in [0.15, 0.2) is 23.4 Å². The predicted molar refractivity (Wildman–Crippen MR) is 102 cm³/mol. The molecular formula is C18H20N4O4S. The van der Waals surface area contributed by atoms with Gasteiger partial charge in [-0.2, -0.15) is 0 Å². The fourth-order valence-electron chi connectivity index (χ4n) is 3.40. The lowest BCUT2D eigenvalue weighted by Crippen LogP contribution is -2.46. The molecule has 0 saturated carbocycles. The highest BCUT2D eigenvalue weighted by Crippen LogP contribution is 2.35. The second kappa shape index (κ2) is 6.80. The Hall–Kier alpha value is -2.68. The molecule has 2 amide bonds. The third kappa shape index (κ3) is 3.46. The van der Waals surface area contributed by atoms with Crippen LogP contribution >= 0.6 is 11.3 Å². The first-order valence-electron chi connectivity index (χ1n) is 8.74. The number of piperidine rings is 1. The van der Waals surface area contributed by atoms with Crippen molar-refractivity contribution in [1.82, 2.24) is 9.88 Å². The van der Waals surface area contributed by atoms with E-state index < -0.39 is 5.60 Å². The molecule has 2 aromatic rings. The molecule has 0 aliphatic carbocycles. The molecule has 0 bridgehead atoms. The highest BCUT2D eigenvalue weighted by molar-refractivity contribution is 7.22. The summed E-state index contributed by atoms with van der Waals surface area (Å²) in [5.41, 5.74) is 0.691. The number of ether oxygens (including phenoxy) is 1. The fourth-order valence-corrected chi connectivity index (χ4v) is 4.28. The Kier molecular flexibility index (Phi) is 4.47. The molecule has 4 rings (SSSR count). The minimum Gasteiger partial charge on any atom is -0.497 e. The molecule has 3 heterocycles. The molecule has 0 unspecified atom stereocenters. The lowest BCUT2D eigenvalue weighted by Gasteiger charge is -2.36. The van der Waals surface area contributed by atoms with E-state index >= 15 is 0 Å². The summed E-state index contributed by atoms with van der Waals surface area (Å²) in [7, 11) is 1.61. The molecule has 2 aliphatic heterocycles. The maximum atomic E-state index is 12.6. The second-order valence-corrected chi connectivity index (χ2v) is 7.83. The van der Waals surface area contributed by atoms with E-state index in [0.29, 0.717) is 43.2 Å². The Bertz CT molecular complexity index is 931. The van der Waals surface area contributed by atoms with Gasteiger partial charge in [-0.1, -0.05) is 16.5 Å². The number of nitrogens with one attached hydrogen (secondary N) is 1. The summed E-state index contributed by atoms with van der Waals surface area (Å²) in [6, 6.07) is 5.57. The van der Waals surface area contributed by atoms with Crippen LogP contribution in [0, 0.1) is 0 Å². The van der Waals surface area contributed by atoms with Crippen LogP contribution < -0.4 is 10.1 Å². The van der Waals surface area contributed by atoms with E-state index in [9.17, 15) is 9.59 Å². The lowest BCUT2D eigenvalue weighted by molar-refractivity contribution is -0.134. The largest absolute Gasteiger partial charge is 0.497 e. The molecule has 0 radical (unpaired) electrons. The molecule has 1 aromatic heterocycles. The zero-order valence-corrected chi connectivity index (χ0v) is 16.0. The van der Waals surface area contributed by atoms with Gasteiger partial charge in [-0.25, -0.2) is 4.98 Å². The molecule has 8 nitrogen and oxygen atoms in total. The Morgan fingerprint density at radius 2 is 2.11 bits per heavy atom. The molecule has 27 heavy (non-hydrogen) atoms. The number of carbonyl (C=O) groups is 2. The van der Waals surface area contributed by atoms with Crippen molar-refractivity contribution in [3.8, 4) is 5.75 Å². The maximum absolute atomic E-state index is 12.6. The summed E-state index contributed by atoms with van der Waals surface area (Å²) in [4.78, 5) is 35.9. The van der Waals surface area contributed by atoms with Gasteiger partial charge in [0.1, 0.15) is 17.1 Å². The van der Waals surface area contributed by atoms with Gasteiger partial charge in [0.05, 0.1) is 17.3 Å². The Balaban J connectivity index is 1.40. The van der Waals surface area contributed by atoms with E-state index in [-0.39, 0.29) is 11.8 Å². The first-order valence-corrected chi connectivity index (χ1v) is 9.56. The number of likely N-dealkylation sites (tertiary alicyclic amines) is 1. The smallest absolute Gasteiger partial charge is 0.275 e. The zero-order valence-electron chi connectivity index (χ0n) is 15.2. The number of hydrogen-bond donors (Lipinski definition) is 1. The number of fused-ring (bicyclic) bond motifs is 1. The SMILES string of the molecule is COc1ccc2nc(NC(=O)C3=NOC4(CCN(C(C)=O)CC4)C3)sc2c1. The third-order valence-electron chi connectivity index (χ3n) is 5.04. The Morgan fingerprint density at radius 3 is 2.81 bits per heavy atom. The quantitative estimate of drug-likeness (QED) is 0.872. The van der Waals surface area contributed by atoms with Crippen molar-refractivity contribution in [3.63, 3.8) is 0 Å². The number of thiazole rings is 1. The summed E-state index contributed by atoms with van der Waals surface area (Å²) in [5.74, 6) is 0.512. The summed E-state index contributed by atoms with van der Waals surface area (Å²) in [6.07, 6.45) is 1.80. The van der Waals surface area contributed by atoms with E-state index in [4.69, 9.17) is 9.57 Å². The topological polar surface area (TPSA) is 93.1 Å². The van der Waals surface area contributed by atoms with E-state index in [1.165, 1.54) is 11.3 Å².